The molecular weight excluding hydrogens is 178 g/mol. The number of hydrogen-bond donors (Lipinski definition) is 1. The molecule has 4 heteroatoms. The number of aromatic nitrogens is 3. The lowest BCUT2D eigenvalue weighted by atomic mass is 10.1. The van der Waals surface area contributed by atoms with E-state index in [1.54, 1.807) is 18.8 Å². The standard InChI is InChI=1S/C10H7N3O/c1-2-9-10(12-6-11-9)3-7(1)8-4-13-14-5-8/h1-6H,(H,11,12). The zero-order chi connectivity index (χ0) is 9.38. The molecule has 0 saturated heterocycles. The van der Waals surface area contributed by atoms with E-state index in [-0.39, 0.29) is 0 Å². The zero-order valence-corrected chi connectivity index (χ0v) is 7.27. The number of nitrogens with one attached hydrogen (secondary N) is 1. The number of benzene rings is 1. The summed E-state index contributed by atoms with van der Waals surface area (Å²) >= 11 is 0. The number of aromatic amines is 1. The van der Waals surface area contributed by atoms with E-state index in [9.17, 15) is 0 Å². The topological polar surface area (TPSA) is 54.7 Å². The van der Waals surface area contributed by atoms with Crippen LogP contribution < -0.4 is 0 Å². The molecule has 0 radical (unpaired) electrons. The fourth-order valence-corrected chi connectivity index (χ4v) is 1.46. The maximum Gasteiger partial charge on any atom is 0.131 e. The highest BCUT2D eigenvalue weighted by Gasteiger charge is 2.02. The first-order chi connectivity index (χ1) is 6.93. The molecule has 2 heterocycles. The summed E-state index contributed by atoms with van der Waals surface area (Å²) in [5.41, 5.74) is 4.03. The molecule has 14 heavy (non-hydrogen) atoms. The van der Waals surface area contributed by atoms with Crippen molar-refractivity contribution in [2.75, 3.05) is 0 Å². The third kappa shape index (κ3) is 1.01. The van der Waals surface area contributed by atoms with Crippen molar-refractivity contribution in [3.8, 4) is 11.1 Å². The lowest BCUT2D eigenvalue weighted by Gasteiger charge is -1.94. The van der Waals surface area contributed by atoms with Crippen molar-refractivity contribution in [2.24, 2.45) is 0 Å². The van der Waals surface area contributed by atoms with Crippen LogP contribution in [0.1, 0.15) is 0 Å². The Morgan fingerprint density at radius 3 is 3.07 bits per heavy atom. The van der Waals surface area contributed by atoms with Crippen LogP contribution in [0.5, 0.6) is 0 Å². The Morgan fingerprint density at radius 1 is 1.21 bits per heavy atom. The van der Waals surface area contributed by atoms with Gasteiger partial charge in [-0.1, -0.05) is 11.2 Å². The van der Waals surface area contributed by atoms with Crippen LogP contribution in [0, 0.1) is 0 Å². The molecule has 3 rings (SSSR count). The number of fused-ring (bicyclic) bond motifs is 1. The van der Waals surface area contributed by atoms with Gasteiger partial charge >= 0.3 is 0 Å². The summed E-state index contributed by atoms with van der Waals surface area (Å²) in [6, 6.07) is 5.98. The Hall–Kier alpha value is -2.10. The molecule has 0 bridgehead atoms. The number of rotatable bonds is 1. The first-order valence-corrected chi connectivity index (χ1v) is 4.26. The van der Waals surface area contributed by atoms with E-state index in [1.165, 1.54) is 0 Å². The van der Waals surface area contributed by atoms with Gasteiger partial charge in [-0.3, -0.25) is 0 Å². The van der Waals surface area contributed by atoms with E-state index in [0.29, 0.717) is 0 Å². The first kappa shape index (κ1) is 7.32. The van der Waals surface area contributed by atoms with Gasteiger partial charge in [0.1, 0.15) is 6.26 Å². The monoisotopic (exact) mass is 185 g/mol. The van der Waals surface area contributed by atoms with E-state index in [1.807, 2.05) is 18.2 Å². The molecular formula is C10H7N3O. The third-order valence-corrected chi connectivity index (χ3v) is 2.19. The van der Waals surface area contributed by atoms with Crippen molar-refractivity contribution in [1.29, 1.82) is 0 Å². The molecule has 3 aromatic rings. The van der Waals surface area contributed by atoms with Crippen LogP contribution >= 0.6 is 0 Å². The van der Waals surface area contributed by atoms with Gasteiger partial charge in [0.2, 0.25) is 0 Å². The minimum absolute atomic E-state index is 0.963. The van der Waals surface area contributed by atoms with Crippen LogP contribution in [-0.4, -0.2) is 15.1 Å². The van der Waals surface area contributed by atoms with Crippen molar-refractivity contribution in [3.05, 3.63) is 37.0 Å². The van der Waals surface area contributed by atoms with Crippen LogP contribution in [0.4, 0.5) is 0 Å². The van der Waals surface area contributed by atoms with Crippen molar-refractivity contribution < 1.29 is 4.52 Å². The highest BCUT2D eigenvalue weighted by atomic mass is 16.5. The molecule has 0 aliphatic heterocycles. The van der Waals surface area contributed by atoms with Gasteiger partial charge < -0.3 is 9.51 Å². The van der Waals surface area contributed by atoms with Crippen molar-refractivity contribution in [3.63, 3.8) is 0 Å². The Morgan fingerprint density at radius 2 is 2.21 bits per heavy atom. The van der Waals surface area contributed by atoms with Gasteiger partial charge in [0, 0.05) is 5.56 Å². The molecule has 0 aliphatic carbocycles. The molecule has 0 unspecified atom stereocenters. The summed E-state index contributed by atoms with van der Waals surface area (Å²) in [5, 5.41) is 3.67. The van der Waals surface area contributed by atoms with Gasteiger partial charge in [0.15, 0.2) is 0 Å². The van der Waals surface area contributed by atoms with E-state index >= 15 is 0 Å². The van der Waals surface area contributed by atoms with E-state index in [4.69, 9.17) is 4.52 Å². The van der Waals surface area contributed by atoms with Crippen LogP contribution in [0.2, 0.25) is 0 Å². The fourth-order valence-electron chi connectivity index (χ4n) is 1.46. The minimum atomic E-state index is 0.963. The number of nitrogens with zero attached hydrogens (tertiary/aromatic N) is 2. The average Bonchev–Trinajstić information content (AvgIpc) is 2.88. The lowest BCUT2D eigenvalue weighted by molar-refractivity contribution is 0.420. The van der Waals surface area contributed by atoms with E-state index in [2.05, 4.69) is 15.1 Å². The van der Waals surface area contributed by atoms with Crippen LogP contribution in [0.25, 0.3) is 22.2 Å². The summed E-state index contributed by atoms with van der Waals surface area (Å²) in [6.07, 6.45) is 5.00. The van der Waals surface area contributed by atoms with Crippen LogP contribution in [-0.2, 0) is 0 Å². The first-order valence-electron chi connectivity index (χ1n) is 4.26. The Bertz CT molecular complexity index is 554. The van der Waals surface area contributed by atoms with Crippen molar-refractivity contribution in [1.82, 2.24) is 15.1 Å². The van der Waals surface area contributed by atoms with Gasteiger partial charge in [-0.25, -0.2) is 4.98 Å². The van der Waals surface area contributed by atoms with E-state index < -0.39 is 0 Å². The molecule has 2 aromatic heterocycles. The van der Waals surface area contributed by atoms with Crippen LogP contribution in [0.3, 0.4) is 0 Å². The molecule has 0 aliphatic rings. The maximum atomic E-state index is 4.79. The number of H-pyrrole nitrogens is 1. The van der Waals surface area contributed by atoms with E-state index in [0.717, 1.165) is 22.2 Å². The largest absolute Gasteiger partial charge is 0.364 e. The number of imidazole rings is 1. The smallest absolute Gasteiger partial charge is 0.131 e. The third-order valence-electron chi connectivity index (χ3n) is 2.19. The Balaban J connectivity index is 2.23. The fraction of sp³-hybridized carbons (Fsp3) is 0. The van der Waals surface area contributed by atoms with Gasteiger partial charge in [-0.05, 0) is 17.7 Å². The molecule has 0 saturated carbocycles. The summed E-state index contributed by atoms with van der Waals surface area (Å²) in [5.74, 6) is 0. The molecule has 0 amide bonds. The molecule has 0 spiro atoms. The summed E-state index contributed by atoms with van der Waals surface area (Å²) in [4.78, 5) is 7.21. The SMILES string of the molecule is c1nc2ccc(-c3cnoc3)cc2[nH]1. The highest BCUT2D eigenvalue weighted by Crippen LogP contribution is 2.21. The van der Waals surface area contributed by atoms with Gasteiger partial charge in [-0.15, -0.1) is 0 Å². The highest BCUT2D eigenvalue weighted by molar-refractivity contribution is 5.80. The molecule has 1 N–H and O–H groups in total. The maximum absolute atomic E-state index is 4.79. The summed E-state index contributed by atoms with van der Waals surface area (Å²) < 4.78 is 4.79. The van der Waals surface area contributed by atoms with Crippen LogP contribution in [0.15, 0.2) is 41.5 Å². The molecule has 1 aromatic carbocycles. The second-order valence-corrected chi connectivity index (χ2v) is 3.05. The molecule has 68 valence electrons. The molecule has 0 fully saturated rings. The Kier molecular flexibility index (Phi) is 1.41. The Labute approximate surface area is 79.6 Å². The quantitative estimate of drug-likeness (QED) is 0.632. The second-order valence-electron chi connectivity index (χ2n) is 3.05. The second kappa shape index (κ2) is 2.70. The number of hydrogen-bond acceptors (Lipinski definition) is 3. The summed E-state index contributed by atoms with van der Waals surface area (Å²) in [6.45, 7) is 0. The lowest BCUT2D eigenvalue weighted by Crippen LogP contribution is -1.74. The van der Waals surface area contributed by atoms with Gasteiger partial charge in [0.05, 0.1) is 23.6 Å². The minimum Gasteiger partial charge on any atom is -0.364 e. The van der Waals surface area contributed by atoms with Gasteiger partial charge in [0.25, 0.3) is 0 Å². The van der Waals surface area contributed by atoms with Gasteiger partial charge in [-0.2, -0.15) is 0 Å². The van der Waals surface area contributed by atoms with Crippen molar-refractivity contribution in [2.45, 2.75) is 0 Å². The molecule has 0 atom stereocenters. The predicted octanol–water partition coefficient (Wildman–Crippen LogP) is 2.22. The predicted molar refractivity (Wildman–Crippen MR) is 51.6 cm³/mol. The molecule has 4 nitrogen and oxygen atoms in total. The normalized spacial score (nSPS) is 10.9. The summed E-state index contributed by atoms with van der Waals surface area (Å²) in [7, 11) is 0. The van der Waals surface area contributed by atoms with Crippen molar-refractivity contribution >= 4 is 11.0 Å². The average molecular weight is 185 g/mol. The zero-order valence-electron chi connectivity index (χ0n) is 7.27.